The zero-order valence-corrected chi connectivity index (χ0v) is 44.5. The number of hydrogen-bond donors (Lipinski definition) is 0. The molecular formula is C59H82O14. The molecule has 4 aliphatic heterocycles. The van der Waals surface area contributed by atoms with Crippen LogP contribution in [-0.2, 0) is 75.0 Å². The molecule has 0 amide bonds. The Balaban J connectivity index is 1.38. The minimum atomic E-state index is -1.72. The molecule has 4 heterocycles. The van der Waals surface area contributed by atoms with Gasteiger partial charge in [-0.3, -0.25) is 9.59 Å². The number of fused-ring (bicyclic) bond motifs is 6. The fourth-order valence-electron chi connectivity index (χ4n) is 10.4. The van der Waals surface area contributed by atoms with E-state index in [1.165, 1.54) is 20.3 Å². The summed E-state index contributed by atoms with van der Waals surface area (Å²) in [6, 6.07) is 17.4. The fraction of sp³-hybridized carbons (Fsp3) is 0.610. The monoisotopic (exact) mass is 1010 g/mol. The molecule has 14 heteroatoms. The van der Waals surface area contributed by atoms with Crippen LogP contribution in [0, 0.1) is 5.41 Å². The third kappa shape index (κ3) is 17.2. The van der Waals surface area contributed by atoms with Gasteiger partial charge in [-0.2, -0.15) is 0 Å². The first kappa shape index (κ1) is 57.6. The van der Waals surface area contributed by atoms with E-state index in [2.05, 4.69) is 20.1 Å². The largest absolute Gasteiger partial charge is 0.497 e. The Morgan fingerprint density at radius 2 is 1.48 bits per heavy atom. The van der Waals surface area contributed by atoms with Gasteiger partial charge in [-0.15, -0.1) is 0 Å². The zero-order chi connectivity index (χ0) is 52.4. The highest BCUT2D eigenvalue weighted by molar-refractivity contribution is 5.83. The van der Waals surface area contributed by atoms with Gasteiger partial charge < -0.3 is 52.1 Å². The summed E-state index contributed by atoms with van der Waals surface area (Å²) in [6.07, 6.45) is 8.74. The van der Waals surface area contributed by atoms with Crippen molar-refractivity contribution >= 4 is 17.9 Å². The molecule has 402 valence electrons. The van der Waals surface area contributed by atoms with Crippen molar-refractivity contribution in [3.05, 3.63) is 114 Å². The van der Waals surface area contributed by atoms with E-state index in [0.717, 1.165) is 53.7 Å². The molecule has 73 heavy (non-hydrogen) atoms. The molecule has 6 rings (SSSR count). The van der Waals surface area contributed by atoms with E-state index < -0.39 is 59.6 Å². The van der Waals surface area contributed by atoms with Gasteiger partial charge in [0.2, 0.25) is 5.79 Å². The maximum atomic E-state index is 14.6. The molecular weight excluding hydrogens is 933 g/mol. The Kier molecular flexibility index (Phi) is 22.3. The van der Waals surface area contributed by atoms with E-state index in [1.807, 2.05) is 87.5 Å². The number of carbonyl (C=O) groups is 3. The van der Waals surface area contributed by atoms with Gasteiger partial charge in [0.15, 0.2) is 6.10 Å². The molecule has 3 saturated heterocycles. The molecule has 4 aliphatic rings. The quantitative estimate of drug-likeness (QED) is 0.0327. The first-order valence-electron chi connectivity index (χ1n) is 26.3. The van der Waals surface area contributed by atoms with Crippen LogP contribution in [-0.4, -0.2) is 107 Å². The molecule has 0 aromatic heterocycles. The van der Waals surface area contributed by atoms with E-state index in [9.17, 15) is 14.4 Å². The lowest BCUT2D eigenvalue weighted by Crippen LogP contribution is -2.63. The van der Waals surface area contributed by atoms with Gasteiger partial charge in [0.05, 0.1) is 76.6 Å². The molecule has 0 aliphatic carbocycles. The van der Waals surface area contributed by atoms with Crippen LogP contribution in [0.25, 0.3) is 0 Å². The van der Waals surface area contributed by atoms with Crippen LogP contribution in [0.1, 0.15) is 135 Å². The predicted molar refractivity (Wildman–Crippen MR) is 276 cm³/mol. The van der Waals surface area contributed by atoms with Gasteiger partial charge in [0.25, 0.3) is 0 Å². The minimum absolute atomic E-state index is 0.0883. The van der Waals surface area contributed by atoms with E-state index in [-0.39, 0.29) is 63.5 Å². The summed E-state index contributed by atoms with van der Waals surface area (Å²) in [5, 5.41) is 0. The predicted octanol–water partition coefficient (Wildman–Crippen LogP) is 10.9. The third-order valence-electron chi connectivity index (χ3n) is 14.4. The smallest absolute Gasteiger partial charge is 0.330 e. The summed E-state index contributed by atoms with van der Waals surface area (Å²) >= 11 is 0. The van der Waals surface area contributed by atoms with Crippen molar-refractivity contribution in [1.29, 1.82) is 0 Å². The van der Waals surface area contributed by atoms with Crippen LogP contribution in [0.15, 0.2) is 103 Å². The van der Waals surface area contributed by atoms with Crippen LogP contribution in [0.3, 0.4) is 0 Å². The van der Waals surface area contributed by atoms with Gasteiger partial charge in [0.1, 0.15) is 18.6 Å². The second-order valence-corrected chi connectivity index (χ2v) is 20.7. The Morgan fingerprint density at radius 3 is 2.18 bits per heavy atom. The van der Waals surface area contributed by atoms with Crippen LogP contribution in [0.5, 0.6) is 5.75 Å². The fourth-order valence-corrected chi connectivity index (χ4v) is 10.4. The molecule has 2 aromatic rings. The normalized spacial score (nSPS) is 28.9. The number of rotatable bonds is 19. The molecule has 0 radical (unpaired) electrons. The van der Waals surface area contributed by atoms with Gasteiger partial charge in [-0.25, -0.2) is 4.79 Å². The standard InChI is InChI=1S/C59H82O14/c1-10-11-12-13-17-20-54(60)72-57-45(32-55(61)64-8)31-52-35-53(42(4)68-39-66-37-43-18-15-14-16-19-43)71-56(62)36-48(67-38-44-21-23-46(63-7)24-22-44)33-49-29-41(3)30-51(70-49)34-50-28-40(2)27-47(69-50)25-26-58(5,6)59(57,65-9)73-52/h14-16,18-19,21-26,32,42,47-53,57H,2-3,10-13,17,20,27-31,33-39H2,1,4-9H3/t42-,47+,48-,49+,50+,51-,52+,53-,57+,59-/m1/s1. The molecule has 0 spiro atoms. The minimum Gasteiger partial charge on any atom is -0.497 e. The van der Waals surface area contributed by atoms with Crippen LogP contribution >= 0.6 is 0 Å². The lowest BCUT2D eigenvalue weighted by atomic mass is 9.73. The Hall–Kier alpha value is -4.67. The van der Waals surface area contributed by atoms with Crippen molar-refractivity contribution in [2.24, 2.45) is 5.41 Å². The van der Waals surface area contributed by atoms with Crippen molar-refractivity contribution in [3.8, 4) is 5.75 Å². The number of carbonyl (C=O) groups excluding carboxylic acids is 3. The summed E-state index contributed by atoms with van der Waals surface area (Å²) in [5.41, 5.74) is 3.37. The van der Waals surface area contributed by atoms with Crippen molar-refractivity contribution in [2.75, 3.05) is 28.1 Å². The van der Waals surface area contributed by atoms with Gasteiger partial charge in [-0.1, -0.05) is 125 Å². The molecule has 10 atom stereocenters. The summed E-state index contributed by atoms with van der Waals surface area (Å²) in [7, 11) is 4.43. The molecule has 14 nitrogen and oxygen atoms in total. The van der Waals surface area contributed by atoms with Crippen molar-refractivity contribution in [1.82, 2.24) is 0 Å². The zero-order valence-electron chi connectivity index (χ0n) is 44.5. The van der Waals surface area contributed by atoms with E-state index >= 15 is 0 Å². The number of esters is 3. The van der Waals surface area contributed by atoms with E-state index in [0.29, 0.717) is 57.1 Å². The number of hydrogen-bond acceptors (Lipinski definition) is 14. The third-order valence-corrected chi connectivity index (χ3v) is 14.4. The topological polar surface area (TPSA) is 153 Å². The van der Waals surface area contributed by atoms with Crippen molar-refractivity contribution < 1.29 is 66.5 Å². The summed E-state index contributed by atoms with van der Waals surface area (Å²) in [4.78, 5) is 41.8. The summed E-state index contributed by atoms with van der Waals surface area (Å²) in [5.74, 6) is -2.59. The lowest BCUT2D eigenvalue weighted by Gasteiger charge is -2.53. The summed E-state index contributed by atoms with van der Waals surface area (Å²) in [6.45, 7) is 17.2. The number of benzene rings is 2. The van der Waals surface area contributed by atoms with Crippen molar-refractivity contribution in [3.63, 3.8) is 0 Å². The number of unbranched alkanes of at least 4 members (excludes halogenated alkanes) is 4. The SMILES string of the molecule is C=C1C[C@@H]2C[C@@H]3CC(=C)C[C@H](C=CC(C)(C)[C@]4(OC)O[C@@H](CC(=CC(=O)OC)[C@@H]4OC(=O)CCCCCCC)C[C@H]([C@@H](C)OCOCc4ccccc4)OC(=O)C[C@H](OCc4ccc(OC)cc4)C[C@H](C1)O2)O3. The molecule has 0 N–H and O–H groups in total. The highest BCUT2D eigenvalue weighted by Crippen LogP contribution is 2.49. The Bertz CT molecular complexity index is 2150. The molecule has 0 unspecified atom stereocenters. The van der Waals surface area contributed by atoms with E-state index in [1.54, 1.807) is 7.11 Å². The average molecular weight is 1020 g/mol. The Labute approximate surface area is 434 Å². The highest BCUT2D eigenvalue weighted by Gasteiger charge is 2.59. The molecule has 0 saturated carbocycles. The first-order chi connectivity index (χ1) is 35.1. The van der Waals surface area contributed by atoms with Crippen molar-refractivity contribution in [2.45, 2.75) is 198 Å². The number of methoxy groups -OCH3 is 3. The Morgan fingerprint density at radius 1 is 0.795 bits per heavy atom. The molecule has 3 fully saturated rings. The molecule has 2 aromatic carbocycles. The summed E-state index contributed by atoms with van der Waals surface area (Å²) < 4.78 is 69.7. The number of cyclic esters (lactones) is 1. The second-order valence-electron chi connectivity index (χ2n) is 20.7. The lowest BCUT2D eigenvalue weighted by molar-refractivity contribution is -0.338. The second kappa shape index (κ2) is 28.3. The maximum Gasteiger partial charge on any atom is 0.330 e. The van der Waals surface area contributed by atoms with E-state index in [4.69, 9.17) is 52.1 Å². The van der Waals surface area contributed by atoms with Crippen LogP contribution in [0.2, 0.25) is 0 Å². The van der Waals surface area contributed by atoms with Gasteiger partial charge >= 0.3 is 17.9 Å². The van der Waals surface area contributed by atoms with Crippen LogP contribution in [0.4, 0.5) is 0 Å². The van der Waals surface area contributed by atoms with Gasteiger partial charge in [0, 0.05) is 44.3 Å². The molecule has 6 bridgehead atoms. The maximum absolute atomic E-state index is 14.6. The average Bonchev–Trinajstić information content (AvgIpc) is 3.36. The highest BCUT2D eigenvalue weighted by atomic mass is 16.7. The van der Waals surface area contributed by atoms with Crippen LogP contribution < -0.4 is 4.74 Å². The van der Waals surface area contributed by atoms with Gasteiger partial charge in [-0.05, 0) is 74.3 Å². The number of ether oxygens (including phenoxy) is 11. The first-order valence-corrected chi connectivity index (χ1v) is 26.3.